The van der Waals surface area contributed by atoms with E-state index in [1.165, 1.54) is 6.92 Å². The maximum Gasteiger partial charge on any atom is 0.332 e. The lowest BCUT2D eigenvalue weighted by Gasteiger charge is -2.00. The summed E-state index contributed by atoms with van der Waals surface area (Å²) in [7, 11) is 0. The molecule has 0 atom stereocenters. The van der Waals surface area contributed by atoms with Crippen molar-refractivity contribution in [3.63, 3.8) is 0 Å². The van der Waals surface area contributed by atoms with Gasteiger partial charge < -0.3 is 15.3 Å². The Morgan fingerprint density at radius 1 is 1.62 bits per heavy atom. The summed E-state index contributed by atoms with van der Waals surface area (Å²) < 4.78 is 4.48. The zero-order valence-corrected chi connectivity index (χ0v) is 7.06. The lowest BCUT2D eigenvalue weighted by Crippen LogP contribution is -2.12. The molecule has 0 bridgehead atoms. The SMILES string of the molecule is C/C(N)=C\C(=O)OCCO[N+](=O)[O-]. The molecule has 0 fully saturated rings. The molecule has 0 radical (unpaired) electrons. The Balaban J connectivity index is 3.49. The molecule has 0 aliphatic carbocycles. The summed E-state index contributed by atoms with van der Waals surface area (Å²) in [5, 5.41) is 8.67. The van der Waals surface area contributed by atoms with Crippen molar-refractivity contribution < 1.29 is 19.5 Å². The minimum Gasteiger partial charge on any atom is -0.460 e. The van der Waals surface area contributed by atoms with Gasteiger partial charge in [0.15, 0.2) is 0 Å². The monoisotopic (exact) mass is 190 g/mol. The first kappa shape index (κ1) is 11.2. The molecule has 0 aromatic rings. The minimum atomic E-state index is -0.960. The third kappa shape index (κ3) is 8.11. The fraction of sp³-hybridized carbons (Fsp3) is 0.500. The van der Waals surface area contributed by atoms with Crippen LogP contribution in [0.4, 0.5) is 0 Å². The molecular weight excluding hydrogens is 180 g/mol. The van der Waals surface area contributed by atoms with Crippen LogP contribution in [0.15, 0.2) is 11.8 Å². The molecule has 0 spiro atoms. The molecule has 0 saturated carbocycles. The molecule has 0 rings (SSSR count). The molecule has 0 amide bonds. The molecule has 74 valence electrons. The lowest BCUT2D eigenvalue weighted by atomic mass is 10.4. The van der Waals surface area contributed by atoms with Crippen molar-refractivity contribution in [2.75, 3.05) is 13.2 Å². The van der Waals surface area contributed by atoms with E-state index in [4.69, 9.17) is 5.73 Å². The van der Waals surface area contributed by atoms with E-state index in [9.17, 15) is 14.9 Å². The van der Waals surface area contributed by atoms with Gasteiger partial charge in [0.1, 0.15) is 13.2 Å². The topological polar surface area (TPSA) is 105 Å². The number of nitrogens with two attached hydrogens (primary N) is 1. The summed E-state index contributed by atoms with van der Waals surface area (Å²) >= 11 is 0. The van der Waals surface area contributed by atoms with E-state index < -0.39 is 11.1 Å². The van der Waals surface area contributed by atoms with Crippen LogP contribution in [0, 0.1) is 10.1 Å². The Morgan fingerprint density at radius 3 is 2.69 bits per heavy atom. The number of carbonyl (C=O) groups is 1. The predicted molar refractivity (Wildman–Crippen MR) is 41.8 cm³/mol. The van der Waals surface area contributed by atoms with Gasteiger partial charge in [0.2, 0.25) is 0 Å². The molecule has 0 aromatic heterocycles. The van der Waals surface area contributed by atoms with E-state index >= 15 is 0 Å². The smallest absolute Gasteiger partial charge is 0.332 e. The van der Waals surface area contributed by atoms with Crippen LogP contribution in [0.5, 0.6) is 0 Å². The molecule has 0 aliphatic heterocycles. The average molecular weight is 190 g/mol. The number of hydrogen-bond acceptors (Lipinski definition) is 6. The molecular formula is C6H10N2O5. The average Bonchev–Trinajstić information content (AvgIpc) is 1.96. The minimum absolute atomic E-state index is 0.177. The summed E-state index contributed by atoms with van der Waals surface area (Å²) in [6, 6.07) is 0. The van der Waals surface area contributed by atoms with E-state index in [1.54, 1.807) is 0 Å². The van der Waals surface area contributed by atoms with Crippen molar-refractivity contribution in [2.24, 2.45) is 5.73 Å². The summed E-state index contributed by atoms with van der Waals surface area (Å²) in [5.41, 5.74) is 5.47. The molecule has 0 saturated heterocycles. The molecule has 7 nitrogen and oxygen atoms in total. The van der Waals surface area contributed by atoms with Crippen LogP contribution in [0.25, 0.3) is 0 Å². The zero-order chi connectivity index (χ0) is 10.3. The molecule has 2 N–H and O–H groups in total. The second-order valence-corrected chi connectivity index (χ2v) is 2.11. The van der Waals surface area contributed by atoms with E-state index in [1.807, 2.05) is 0 Å². The summed E-state index contributed by atoms with van der Waals surface area (Å²) in [5.74, 6) is -0.646. The highest BCUT2D eigenvalue weighted by molar-refractivity contribution is 5.82. The number of rotatable bonds is 5. The van der Waals surface area contributed by atoms with Crippen molar-refractivity contribution in [3.05, 3.63) is 21.9 Å². The van der Waals surface area contributed by atoms with Crippen LogP contribution < -0.4 is 5.73 Å². The number of nitrogens with zero attached hydrogens (tertiary/aromatic N) is 1. The van der Waals surface area contributed by atoms with Gasteiger partial charge >= 0.3 is 5.97 Å². The van der Waals surface area contributed by atoms with E-state index in [2.05, 4.69) is 9.57 Å². The van der Waals surface area contributed by atoms with Crippen LogP contribution in [0.2, 0.25) is 0 Å². The second kappa shape index (κ2) is 5.81. The number of esters is 1. The van der Waals surface area contributed by atoms with Crippen LogP contribution in [-0.2, 0) is 14.4 Å². The molecule has 0 heterocycles. The van der Waals surface area contributed by atoms with Gasteiger partial charge in [0.25, 0.3) is 5.09 Å². The summed E-state index contributed by atoms with van der Waals surface area (Å²) in [6.45, 7) is 1.06. The van der Waals surface area contributed by atoms with Gasteiger partial charge in [-0.1, -0.05) is 0 Å². The molecule has 0 unspecified atom stereocenters. The van der Waals surface area contributed by atoms with Gasteiger partial charge in [0, 0.05) is 11.8 Å². The number of ether oxygens (including phenoxy) is 1. The predicted octanol–water partition coefficient (Wildman–Crippen LogP) is -0.400. The number of hydrogen-bond donors (Lipinski definition) is 1. The van der Waals surface area contributed by atoms with Crippen molar-refractivity contribution in [1.82, 2.24) is 0 Å². The van der Waals surface area contributed by atoms with Crippen molar-refractivity contribution in [3.8, 4) is 0 Å². The fourth-order valence-electron chi connectivity index (χ4n) is 0.482. The van der Waals surface area contributed by atoms with E-state index in [0.717, 1.165) is 6.08 Å². The van der Waals surface area contributed by atoms with Gasteiger partial charge in [-0.15, -0.1) is 10.1 Å². The van der Waals surface area contributed by atoms with Gasteiger partial charge in [-0.3, -0.25) is 0 Å². The Kier molecular flexibility index (Phi) is 5.01. The third-order valence-corrected chi connectivity index (χ3v) is 0.870. The second-order valence-electron chi connectivity index (χ2n) is 2.11. The summed E-state index contributed by atoms with van der Waals surface area (Å²) in [6.07, 6.45) is 1.08. The molecule has 0 aromatic carbocycles. The van der Waals surface area contributed by atoms with Crippen molar-refractivity contribution in [2.45, 2.75) is 6.92 Å². The highest BCUT2D eigenvalue weighted by Crippen LogP contribution is 1.86. The van der Waals surface area contributed by atoms with Crippen LogP contribution in [0.1, 0.15) is 6.92 Å². The third-order valence-electron chi connectivity index (χ3n) is 0.870. The van der Waals surface area contributed by atoms with Crippen LogP contribution >= 0.6 is 0 Å². The van der Waals surface area contributed by atoms with Crippen molar-refractivity contribution >= 4 is 5.97 Å². The molecule has 13 heavy (non-hydrogen) atoms. The highest BCUT2D eigenvalue weighted by Gasteiger charge is 1.99. The quantitative estimate of drug-likeness (QED) is 0.208. The van der Waals surface area contributed by atoms with Gasteiger partial charge in [-0.2, -0.15) is 0 Å². The number of carbonyl (C=O) groups excluding carboxylic acids is 1. The standard InChI is InChI=1S/C6H10N2O5/c1-5(7)4-6(9)12-2-3-13-8(10)11/h4H,2-3,7H2,1H3/b5-4+. The van der Waals surface area contributed by atoms with Gasteiger partial charge in [-0.25, -0.2) is 4.79 Å². The van der Waals surface area contributed by atoms with E-state index in [0.29, 0.717) is 5.70 Å². The lowest BCUT2D eigenvalue weighted by molar-refractivity contribution is -0.757. The first-order valence-corrected chi connectivity index (χ1v) is 3.40. The Labute approximate surface area is 74.2 Å². The molecule has 0 aliphatic rings. The van der Waals surface area contributed by atoms with Crippen LogP contribution in [0.3, 0.4) is 0 Å². The van der Waals surface area contributed by atoms with Gasteiger partial charge in [0.05, 0.1) is 0 Å². The number of allylic oxidation sites excluding steroid dienone is 1. The van der Waals surface area contributed by atoms with Gasteiger partial charge in [-0.05, 0) is 6.92 Å². The largest absolute Gasteiger partial charge is 0.460 e. The molecule has 7 heteroatoms. The van der Waals surface area contributed by atoms with E-state index in [-0.39, 0.29) is 13.2 Å². The first-order valence-electron chi connectivity index (χ1n) is 3.40. The Bertz CT molecular complexity index is 221. The maximum absolute atomic E-state index is 10.7. The zero-order valence-electron chi connectivity index (χ0n) is 7.06. The van der Waals surface area contributed by atoms with Crippen LogP contribution in [-0.4, -0.2) is 24.3 Å². The highest BCUT2D eigenvalue weighted by atomic mass is 17.0. The normalized spacial score (nSPS) is 10.7. The maximum atomic E-state index is 10.7. The Hall–Kier alpha value is -1.79. The fourth-order valence-corrected chi connectivity index (χ4v) is 0.482. The summed E-state index contributed by atoms with van der Waals surface area (Å²) in [4.78, 5) is 24.2. The Morgan fingerprint density at radius 2 is 2.23 bits per heavy atom. The first-order chi connectivity index (χ1) is 6.02. The van der Waals surface area contributed by atoms with Crippen molar-refractivity contribution in [1.29, 1.82) is 0 Å².